The topological polar surface area (TPSA) is 141 Å². The summed E-state index contributed by atoms with van der Waals surface area (Å²) in [6.07, 6.45) is 6.39. The third-order valence-electron chi connectivity index (χ3n) is 4.13. The third kappa shape index (κ3) is 4.54. The van der Waals surface area contributed by atoms with E-state index in [1.807, 2.05) is 0 Å². The molecule has 1 aliphatic rings. The number of amides is 3. The van der Waals surface area contributed by atoms with Gasteiger partial charge in [-0.05, 0) is 29.8 Å². The number of benzene rings is 1. The fourth-order valence-electron chi connectivity index (χ4n) is 2.72. The standard InChI is InChI=1S/C20H15N3O8/c1-3-8-30-16-6-4-12(10-15(16)23(27)28)9-14-18(24)22(20(26)21-14)11-13-5-7-17(31-13)19(25)29-2/h1,4-7,9-10H,8,11H2,2H3,(H,21,26). The van der Waals surface area contributed by atoms with E-state index in [0.717, 1.165) is 4.90 Å². The lowest BCUT2D eigenvalue weighted by Crippen LogP contribution is -2.30. The monoisotopic (exact) mass is 425 g/mol. The molecule has 3 amide bonds. The number of ether oxygens (including phenoxy) is 2. The SMILES string of the molecule is C#CCOc1ccc(C=C2NC(=O)N(Cc3ccc(C(=O)OC)o3)C2=O)cc1[N+](=O)[O-]. The highest BCUT2D eigenvalue weighted by molar-refractivity contribution is 6.13. The second-order valence-corrected chi connectivity index (χ2v) is 6.11. The van der Waals surface area contributed by atoms with Crippen molar-refractivity contribution in [3.63, 3.8) is 0 Å². The molecule has 0 unspecified atom stereocenters. The molecule has 2 aromatic rings. The number of urea groups is 1. The summed E-state index contributed by atoms with van der Waals surface area (Å²) in [7, 11) is 1.19. The van der Waals surface area contributed by atoms with Crippen molar-refractivity contribution in [2.24, 2.45) is 0 Å². The van der Waals surface area contributed by atoms with Crippen LogP contribution in [0.25, 0.3) is 6.08 Å². The summed E-state index contributed by atoms with van der Waals surface area (Å²) in [6, 6.07) is 6.10. The second-order valence-electron chi connectivity index (χ2n) is 6.11. The van der Waals surface area contributed by atoms with Gasteiger partial charge in [-0.2, -0.15) is 0 Å². The molecule has 11 heteroatoms. The molecule has 0 spiro atoms. The Labute approximate surface area is 175 Å². The first kappa shape index (κ1) is 21.1. The van der Waals surface area contributed by atoms with Gasteiger partial charge in [0.2, 0.25) is 5.76 Å². The number of carbonyl (C=O) groups excluding carboxylic acids is 3. The van der Waals surface area contributed by atoms with Gasteiger partial charge in [0.1, 0.15) is 18.1 Å². The molecule has 1 aliphatic heterocycles. The van der Waals surface area contributed by atoms with Gasteiger partial charge in [0, 0.05) is 6.07 Å². The van der Waals surface area contributed by atoms with Crippen LogP contribution in [-0.2, 0) is 16.1 Å². The number of nitrogens with zero attached hydrogens (tertiary/aromatic N) is 2. The summed E-state index contributed by atoms with van der Waals surface area (Å²) in [5.41, 5.74) is -0.142. The van der Waals surface area contributed by atoms with Crippen LogP contribution in [0.15, 0.2) is 40.4 Å². The van der Waals surface area contributed by atoms with Gasteiger partial charge >= 0.3 is 17.7 Å². The van der Waals surface area contributed by atoms with Crippen LogP contribution in [0.2, 0.25) is 0 Å². The van der Waals surface area contributed by atoms with Crippen molar-refractivity contribution in [2.45, 2.75) is 6.54 Å². The average Bonchev–Trinajstić information content (AvgIpc) is 3.32. The van der Waals surface area contributed by atoms with Gasteiger partial charge in [-0.15, -0.1) is 6.42 Å². The Hall–Kier alpha value is -4.59. The quantitative estimate of drug-likeness (QED) is 0.177. The molecule has 0 bridgehead atoms. The molecular formula is C20H15N3O8. The molecule has 1 saturated heterocycles. The predicted octanol–water partition coefficient (Wildman–Crippen LogP) is 2.08. The number of nitrogens with one attached hydrogen (secondary N) is 1. The molecule has 0 saturated carbocycles. The van der Waals surface area contributed by atoms with Crippen molar-refractivity contribution < 1.29 is 33.2 Å². The van der Waals surface area contributed by atoms with Gasteiger partial charge in [0.25, 0.3) is 5.91 Å². The van der Waals surface area contributed by atoms with E-state index >= 15 is 0 Å². The van der Waals surface area contributed by atoms with Gasteiger partial charge < -0.3 is 19.2 Å². The fourth-order valence-corrected chi connectivity index (χ4v) is 2.72. The number of carbonyl (C=O) groups is 3. The van der Waals surface area contributed by atoms with Crippen molar-refractivity contribution in [1.82, 2.24) is 10.2 Å². The van der Waals surface area contributed by atoms with E-state index in [1.54, 1.807) is 0 Å². The maximum absolute atomic E-state index is 12.6. The van der Waals surface area contributed by atoms with E-state index < -0.39 is 22.8 Å². The maximum atomic E-state index is 12.6. The molecule has 1 aromatic heterocycles. The Morgan fingerprint density at radius 1 is 1.35 bits per heavy atom. The predicted molar refractivity (Wildman–Crippen MR) is 105 cm³/mol. The molecule has 31 heavy (non-hydrogen) atoms. The fraction of sp³-hybridized carbons (Fsp3) is 0.150. The van der Waals surface area contributed by atoms with Crippen molar-refractivity contribution in [3.8, 4) is 18.1 Å². The first-order valence-corrected chi connectivity index (χ1v) is 8.70. The van der Waals surface area contributed by atoms with Crippen LogP contribution in [0.1, 0.15) is 21.9 Å². The molecule has 0 radical (unpaired) electrons. The van der Waals surface area contributed by atoms with Crippen molar-refractivity contribution >= 4 is 29.7 Å². The van der Waals surface area contributed by atoms with Gasteiger partial charge in [0.15, 0.2) is 5.75 Å². The van der Waals surface area contributed by atoms with Crippen LogP contribution >= 0.6 is 0 Å². The molecule has 1 fully saturated rings. The number of terminal acetylenes is 1. The van der Waals surface area contributed by atoms with Crippen LogP contribution in [0.4, 0.5) is 10.5 Å². The number of imide groups is 1. The van der Waals surface area contributed by atoms with Gasteiger partial charge in [0.05, 0.1) is 18.6 Å². The van der Waals surface area contributed by atoms with E-state index in [1.165, 1.54) is 43.5 Å². The van der Waals surface area contributed by atoms with E-state index in [9.17, 15) is 24.5 Å². The molecule has 0 atom stereocenters. The number of rotatable bonds is 7. The zero-order chi connectivity index (χ0) is 22.5. The van der Waals surface area contributed by atoms with E-state index in [2.05, 4.69) is 16.0 Å². The highest BCUT2D eigenvalue weighted by Crippen LogP contribution is 2.29. The minimum atomic E-state index is -0.712. The summed E-state index contributed by atoms with van der Waals surface area (Å²) in [5.74, 6) is 0.950. The highest BCUT2D eigenvalue weighted by atomic mass is 16.6. The van der Waals surface area contributed by atoms with Crippen LogP contribution < -0.4 is 10.1 Å². The van der Waals surface area contributed by atoms with Crippen molar-refractivity contribution in [2.75, 3.05) is 13.7 Å². The zero-order valence-corrected chi connectivity index (χ0v) is 16.1. The number of esters is 1. The lowest BCUT2D eigenvalue weighted by molar-refractivity contribution is -0.385. The Balaban J connectivity index is 1.80. The Bertz CT molecular complexity index is 1140. The van der Waals surface area contributed by atoms with Crippen LogP contribution in [0.5, 0.6) is 5.75 Å². The van der Waals surface area contributed by atoms with E-state index in [0.29, 0.717) is 0 Å². The summed E-state index contributed by atoms with van der Waals surface area (Å²) in [4.78, 5) is 47.8. The Morgan fingerprint density at radius 3 is 2.81 bits per heavy atom. The molecule has 0 aliphatic carbocycles. The molecule has 11 nitrogen and oxygen atoms in total. The van der Waals surface area contributed by atoms with Crippen LogP contribution in [0.3, 0.4) is 0 Å². The lowest BCUT2D eigenvalue weighted by Gasteiger charge is -2.09. The van der Waals surface area contributed by atoms with Crippen LogP contribution in [-0.4, -0.2) is 41.4 Å². The summed E-state index contributed by atoms with van der Waals surface area (Å²) >= 11 is 0. The number of furan rings is 1. The number of hydrogen-bond donors (Lipinski definition) is 1. The van der Waals surface area contributed by atoms with E-state index in [4.69, 9.17) is 15.6 Å². The molecule has 1 N–H and O–H groups in total. The van der Waals surface area contributed by atoms with Gasteiger partial charge in [-0.1, -0.05) is 12.0 Å². The summed E-state index contributed by atoms with van der Waals surface area (Å²) in [6.45, 7) is -0.368. The summed E-state index contributed by atoms with van der Waals surface area (Å²) in [5, 5.41) is 13.7. The maximum Gasteiger partial charge on any atom is 0.373 e. The van der Waals surface area contributed by atoms with Crippen molar-refractivity contribution in [3.05, 3.63) is 63.2 Å². The Morgan fingerprint density at radius 2 is 2.13 bits per heavy atom. The number of nitro benzene ring substituents is 1. The Kier molecular flexibility index (Phi) is 6.02. The molecule has 158 valence electrons. The smallest absolute Gasteiger partial charge is 0.373 e. The molecular weight excluding hydrogens is 410 g/mol. The molecule has 3 rings (SSSR count). The second kappa shape index (κ2) is 8.83. The van der Waals surface area contributed by atoms with Crippen LogP contribution in [0, 0.1) is 22.5 Å². The number of methoxy groups -OCH3 is 1. The average molecular weight is 425 g/mol. The molecule has 2 heterocycles. The van der Waals surface area contributed by atoms with E-state index in [-0.39, 0.29) is 47.4 Å². The third-order valence-corrected chi connectivity index (χ3v) is 4.13. The van der Waals surface area contributed by atoms with Gasteiger partial charge in [-0.25, -0.2) is 9.59 Å². The van der Waals surface area contributed by atoms with Crippen molar-refractivity contribution in [1.29, 1.82) is 0 Å². The largest absolute Gasteiger partial charge is 0.474 e. The first-order chi connectivity index (χ1) is 14.8. The number of nitro groups is 1. The number of hydrogen-bond acceptors (Lipinski definition) is 8. The zero-order valence-electron chi connectivity index (χ0n) is 16.1. The minimum absolute atomic E-state index is 0.0206. The minimum Gasteiger partial charge on any atom is -0.474 e. The van der Waals surface area contributed by atoms with Gasteiger partial charge in [-0.3, -0.25) is 19.8 Å². The summed E-state index contributed by atoms with van der Waals surface area (Å²) < 4.78 is 14.9. The highest BCUT2D eigenvalue weighted by Gasteiger charge is 2.34. The first-order valence-electron chi connectivity index (χ1n) is 8.70. The molecule has 1 aromatic carbocycles. The lowest BCUT2D eigenvalue weighted by atomic mass is 10.1. The normalized spacial score (nSPS) is 14.3.